The lowest BCUT2D eigenvalue weighted by atomic mass is 10.0. The third-order valence-electron chi connectivity index (χ3n) is 4.21. The van der Waals surface area contributed by atoms with Crippen LogP contribution < -0.4 is 10.2 Å². The largest absolute Gasteiger partial charge is 0.440 e. The van der Waals surface area contributed by atoms with E-state index < -0.39 is 0 Å². The monoisotopic (exact) mass is 273 g/mol. The predicted octanol–water partition coefficient (Wildman–Crippen LogP) is 3.14. The van der Waals surface area contributed by atoms with E-state index in [0.717, 1.165) is 56.0 Å². The third kappa shape index (κ3) is 2.40. The van der Waals surface area contributed by atoms with Gasteiger partial charge in [-0.15, -0.1) is 0 Å². The first-order chi connectivity index (χ1) is 9.83. The van der Waals surface area contributed by atoms with Crippen molar-refractivity contribution in [3.05, 3.63) is 24.1 Å². The highest BCUT2D eigenvalue weighted by atomic mass is 16.3. The van der Waals surface area contributed by atoms with Gasteiger partial charge in [0.1, 0.15) is 5.52 Å². The Hall–Kier alpha value is -1.55. The van der Waals surface area contributed by atoms with Gasteiger partial charge in [0.05, 0.1) is 5.69 Å². The molecule has 1 aliphatic rings. The highest BCUT2D eigenvalue weighted by molar-refractivity contribution is 5.87. The minimum Gasteiger partial charge on any atom is -0.440 e. The van der Waals surface area contributed by atoms with Crippen LogP contribution in [0.4, 0.5) is 5.69 Å². The summed E-state index contributed by atoms with van der Waals surface area (Å²) in [4.78, 5) is 7.20. The zero-order chi connectivity index (χ0) is 13.9. The van der Waals surface area contributed by atoms with Gasteiger partial charge >= 0.3 is 0 Å². The van der Waals surface area contributed by atoms with Crippen molar-refractivity contribution >= 4 is 16.8 Å². The first-order valence-corrected chi connectivity index (χ1v) is 7.68. The van der Waals surface area contributed by atoms with Crippen LogP contribution in [-0.2, 0) is 0 Å². The van der Waals surface area contributed by atoms with Crippen LogP contribution in [0.3, 0.4) is 0 Å². The molecule has 3 rings (SSSR count). The lowest BCUT2D eigenvalue weighted by Gasteiger charge is -2.29. The quantitative estimate of drug-likeness (QED) is 0.929. The summed E-state index contributed by atoms with van der Waals surface area (Å²) in [5.41, 5.74) is 3.16. The standard InChI is InChI=1S/C16H23N3O/c1-3-12(4-2)16-18-15-13(6-5-7-14(15)20-16)19-10-8-17-9-11-19/h5-7,12,17H,3-4,8-11H2,1-2H3. The maximum atomic E-state index is 5.99. The molecule has 20 heavy (non-hydrogen) atoms. The number of fused-ring (bicyclic) bond motifs is 1. The van der Waals surface area contributed by atoms with E-state index in [-0.39, 0.29) is 0 Å². The van der Waals surface area contributed by atoms with Gasteiger partial charge in [-0.05, 0) is 25.0 Å². The maximum Gasteiger partial charge on any atom is 0.198 e. The minimum atomic E-state index is 0.429. The van der Waals surface area contributed by atoms with Gasteiger partial charge in [0.2, 0.25) is 0 Å². The van der Waals surface area contributed by atoms with Gasteiger partial charge in [0.15, 0.2) is 11.5 Å². The molecule has 0 spiro atoms. The third-order valence-corrected chi connectivity index (χ3v) is 4.21. The van der Waals surface area contributed by atoms with Gasteiger partial charge in [-0.3, -0.25) is 0 Å². The second-order valence-corrected chi connectivity index (χ2v) is 5.43. The Morgan fingerprint density at radius 2 is 2.00 bits per heavy atom. The fourth-order valence-electron chi connectivity index (χ4n) is 2.92. The van der Waals surface area contributed by atoms with E-state index in [2.05, 4.69) is 36.2 Å². The fraction of sp³-hybridized carbons (Fsp3) is 0.562. The molecular weight excluding hydrogens is 250 g/mol. The molecule has 108 valence electrons. The zero-order valence-corrected chi connectivity index (χ0v) is 12.4. The van der Waals surface area contributed by atoms with Gasteiger partial charge in [0.25, 0.3) is 0 Å². The number of para-hydroxylation sites is 1. The molecule has 0 atom stereocenters. The lowest BCUT2D eigenvalue weighted by Crippen LogP contribution is -2.43. The minimum absolute atomic E-state index is 0.429. The summed E-state index contributed by atoms with van der Waals surface area (Å²) in [6, 6.07) is 6.26. The summed E-state index contributed by atoms with van der Waals surface area (Å²) in [7, 11) is 0. The smallest absolute Gasteiger partial charge is 0.198 e. The van der Waals surface area contributed by atoms with Crippen LogP contribution in [0.15, 0.2) is 22.6 Å². The predicted molar refractivity (Wildman–Crippen MR) is 82.4 cm³/mol. The maximum absolute atomic E-state index is 5.99. The van der Waals surface area contributed by atoms with Crippen LogP contribution in [0.1, 0.15) is 38.5 Å². The number of oxazole rings is 1. The second kappa shape index (κ2) is 5.83. The molecule has 0 saturated carbocycles. The Morgan fingerprint density at radius 3 is 2.70 bits per heavy atom. The van der Waals surface area contributed by atoms with Crippen LogP contribution in [0, 0.1) is 0 Å². The van der Waals surface area contributed by atoms with Crippen LogP contribution in [-0.4, -0.2) is 31.2 Å². The van der Waals surface area contributed by atoms with E-state index in [0.29, 0.717) is 5.92 Å². The first-order valence-electron chi connectivity index (χ1n) is 7.68. The van der Waals surface area contributed by atoms with Crippen LogP contribution in [0.2, 0.25) is 0 Å². The molecule has 1 aromatic carbocycles. The molecule has 2 aromatic rings. The molecule has 0 amide bonds. The number of hydrogen-bond acceptors (Lipinski definition) is 4. The molecule has 0 bridgehead atoms. The van der Waals surface area contributed by atoms with Gasteiger partial charge in [-0.1, -0.05) is 19.9 Å². The molecule has 1 N–H and O–H groups in total. The van der Waals surface area contributed by atoms with E-state index in [9.17, 15) is 0 Å². The Morgan fingerprint density at radius 1 is 1.25 bits per heavy atom. The summed E-state index contributed by atoms with van der Waals surface area (Å²) < 4.78 is 5.99. The summed E-state index contributed by atoms with van der Waals surface area (Å²) in [6.07, 6.45) is 2.15. The molecule has 2 heterocycles. The molecule has 1 saturated heterocycles. The van der Waals surface area contributed by atoms with Crippen molar-refractivity contribution in [1.29, 1.82) is 0 Å². The van der Waals surface area contributed by atoms with Gasteiger partial charge in [0, 0.05) is 32.1 Å². The van der Waals surface area contributed by atoms with Gasteiger partial charge in [-0.2, -0.15) is 0 Å². The van der Waals surface area contributed by atoms with Crippen molar-refractivity contribution < 1.29 is 4.42 Å². The van der Waals surface area contributed by atoms with Crippen molar-refractivity contribution in [2.75, 3.05) is 31.1 Å². The second-order valence-electron chi connectivity index (χ2n) is 5.43. The van der Waals surface area contributed by atoms with E-state index in [4.69, 9.17) is 9.40 Å². The van der Waals surface area contributed by atoms with Crippen molar-refractivity contribution in [3.63, 3.8) is 0 Å². The van der Waals surface area contributed by atoms with Crippen LogP contribution >= 0.6 is 0 Å². The molecule has 1 fully saturated rings. The average molecular weight is 273 g/mol. The Labute approximate surface area is 120 Å². The van der Waals surface area contributed by atoms with Gasteiger partial charge in [-0.25, -0.2) is 4.98 Å². The molecule has 1 aromatic heterocycles. The van der Waals surface area contributed by atoms with Crippen LogP contribution in [0.5, 0.6) is 0 Å². The number of rotatable bonds is 4. The number of nitrogens with zero attached hydrogens (tertiary/aromatic N) is 2. The number of aromatic nitrogens is 1. The van der Waals surface area contributed by atoms with Crippen molar-refractivity contribution in [3.8, 4) is 0 Å². The number of nitrogens with one attached hydrogen (secondary N) is 1. The molecule has 1 aliphatic heterocycles. The SMILES string of the molecule is CCC(CC)c1nc2c(N3CCNCC3)cccc2o1. The van der Waals surface area contributed by atoms with E-state index in [1.165, 1.54) is 5.69 Å². The summed E-state index contributed by atoms with van der Waals surface area (Å²) >= 11 is 0. The average Bonchev–Trinajstić information content (AvgIpc) is 2.93. The highest BCUT2D eigenvalue weighted by Gasteiger charge is 2.19. The van der Waals surface area contributed by atoms with Crippen molar-refractivity contribution in [2.45, 2.75) is 32.6 Å². The topological polar surface area (TPSA) is 41.3 Å². The normalized spacial score (nSPS) is 16.2. The van der Waals surface area contributed by atoms with Crippen LogP contribution in [0.25, 0.3) is 11.1 Å². The molecule has 0 unspecified atom stereocenters. The number of piperazine rings is 1. The highest BCUT2D eigenvalue weighted by Crippen LogP contribution is 2.31. The summed E-state index contributed by atoms with van der Waals surface area (Å²) in [6.45, 7) is 8.53. The van der Waals surface area contributed by atoms with E-state index in [1.54, 1.807) is 0 Å². The number of anilines is 1. The Balaban J connectivity index is 2.00. The zero-order valence-electron chi connectivity index (χ0n) is 12.4. The summed E-state index contributed by atoms with van der Waals surface area (Å²) in [5, 5.41) is 3.39. The first kappa shape index (κ1) is 13.4. The Bertz CT molecular complexity index is 568. The fourth-order valence-corrected chi connectivity index (χ4v) is 2.92. The number of hydrogen-bond donors (Lipinski definition) is 1. The lowest BCUT2D eigenvalue weighted by molar-refractivity contribution is 0.453. The molecule has 0 radical (unpaired) electrons. The molecule has 0 aliphatic carbocycles. The van der Waals surface area contributed by atoms with E-state index in [1.807, 2.05) is 6.07 Å². The number of benzene rings is 1. The molecule has 4 heteroatoms. The van der Waals surface area contributed by atoms with Crippen molar-refractivity contribution in [1.82, 2.24) is 10.3 Å². The molecular formula is C16H23N3O. The van der Waals surface area contributed by atoms with Crippen molar-refractivity contribution in [2.24, 2.45) is 0 Å². The van der Waals surface area contributed by atoms with Gasteiger partial charge < -0.3 is 14.6 Å². The van der Waals surface area contributed by atoms with E-state index >= 15 is 0 Å². The molecule has 4 nitrogen and oxygen atoms in total. The summed E-state index contributed by atoms with van der Waals surface area (Å²) in [5.74, 6) is 1.32. The Kier molecular flexibility index (Phi) is 3.92.